The number of nitrogens with one attached hydrogen (secondary N) is 1. The van der Waals surface area contributed by atoms with E-state index in [-0.39, 0.29) is 0 Å². The van der Waals surface area contributed by atoms with Crippen LogP contribution in [0.4, 0.5) is 0 Å². The van der Waals surface area contributed by atoms with Gasteiger partial charge in [0.25, 0.3) is 0 Å². The second-order valence-corrected chi connectivity index (χ2v) is 6.67. The standard InChI is InChI=1S/C18H31BrN2/c1-5-18(16-11-8-12-17(19)14-16)20-15(4)10-9-13-21(6-2)7-3/h8,11-12,14-15,18,20H,5-7,9-10,13H2,1-4H3. The minimum Gasteiger partial charge on any atom is -0.307 e. The van der Waals surface area contributed by atoms with E-state index in [1.54, 1.807) is 0 Å². The zero-order chi connectivity index (χ0) is 15.7. The van der Waals surface area contributed by atoms with Gasteiger partial charge in [0, 0.05) is 16.6 Å². The number of hydrogen-bond donors (Lipinski definition) is 1. The maximum atomic E-state index is 3.78. The van der Waals surface area contributed by atoms with Crippen molar-refractivity contribution in [2.24, 2.45) is 0 Å². The van der Waals surface area contributed by atoms with Crippen LogP contribution < -0.4 is 5.32 Å². The average molecular weight is 355 g/mol. The second-order valence-electron chi connectivity index (χ2n) is 5.75. The number of halogens is 1. The Balaban J connectivity index is 2.42. The molecule has 1 aromatic rings. The van der Waals surface area contributed by atoms with Crippen LogP contribution in [0.15, 0.2) is 28.7 Å². The maximum Gasteiger partial charge on any atom is 0.0320 e. The van der Waals surface area contributed by atoms with E-state index in [2.05, 4.69) is 78.1 Å². The highest BCUT2D eigenvalue weighted by molar-refractivity contribution is 9.10. The van der Waals surface area contributed by atoms with Crippen LogP contribution in [0, 0.1) is 0 Å². The maximum absolute atomic E-state index is 3.78. The van der Waals surface area contributed by atoms with Gasteiger partial charge >= 0.3 is 0 Å². The molecule has 0 saturated carbocycles. The van der Waals surface area contributed by atoms with Crippen molar-refractivity contribution in [2.75, 3.05) is 19.6 Å². The largest absolute Gasteiger partial charge is 0.307 e. The number of nitrogens with zero attached hydrogens (tertiary/aromatic N) is 1. The zero-order valence-electron chi connectivity index (χ0n) is 14.0. The number of rotatable bonds is 10. The molecular weight excluding hydrogens is 324 g/mol. The molecule has 0 bridgehead atoms. The van der Waals surface area contributed by atoms with Crippen molar-refractivity contribution in [3.05, 3.63) is 34.3 Å². The quantitative estimate of drug-likeness (QED) is 0.635. The lowest BCUT2D eigenvalue weighted by atomic mass is 10.0. The van der Waals surface area contributed by atoms with Crippen LogP contribution in [0.3, 0.4) is 0 Å². The Hall–Kier alpha value is -0.380. The van der Waals surface area contributed by atoms with Gasteiger partial charge in [-0.15, -0.1) is 0 Å². The lowest BCUT2D eigenvalue weighted by Gasteiger charge is -2.24. The lowest BCUT2D eigenvalue weighted by molar-refractivity contribution is 0.287. The molecule has 2 unspecified atom stereocenters. The molecule has 1 aromatic carbocycles. The molecule has 1 rings (SSSR count). The van der Waals surface area contributed by atoms with Crippen molar-refractivity contribution in [1.29, 1.82) is 0 Å². The topological polar surface area (TPSA) is 15.3 Å². The smallest absolute Gasteiger partial charge is 0.0320 e. The van der Waals surface area contributed by atoms with E-state index in [4.69, 9.17) is 0 Å². The SMILES string of the molecule is CCC(NC(C)CCCN(CC)CC)c1cccc(Br)c1. The van der Waals surface area contributed by atoms with Gasteiger partial charge in [0.15, 0.2) is 0 Å². The Morgan fingerprint density at radius 1 is 1.19 bits per heavy atom. The van der Waals surface area contributed by atoms with Gasteiger partial charge in [0.2, 0.25) is 0 Å². The summed E-state index contributed by atoms with van der Waals surface area (Å²) in [5, 5.41) is 3.78. The van der Waals surface area contributed by atoms with Crippen LogP contribution in [-0.4, -0.2) is 30.6 Å². The molecule has 0 fully saturated rings. The van der Waals surface area contributed by atoms with Crippen LogP contribution in [0.2, 0.25) is 0 Å². The fourth-order valence-electron chi connectivity index (χ4n) is 2.76. The Kier molecular flexibility index (Phi) is 9.21. The van der Waals surface area contributed by atoms with Crippen LogP contribution in [0.1, 0.15) is 58.6 Å². The van der Waals surface area contributed by atoms with Gasteiger partial charge in [-0.3, -0.25) is 0 Å². The fourth-order valence-corrected chi connectivity index (χ4v) is 3.18. The number of hydrogen-bond acceptors (Lipinski definition) is 2. The van der Waals surface area contributed by atoms with E-state index in [0.29, 0.717) is 12.1 Å². The molecule has 0 heterocycles. The van der Waals surface area contributed by atoms with E-state index in [1.807, 2.05) is 0 Å². The summed E-state index contributed by atoms with van der Waals surface area (Å²) in [4.78, 5) is 2.50. The Morgan fingerprint density at radius 2 is 1.90 bits per heavy atom. The van der Waals surface area contributed by atoms with Gasteiger partial charge in [-0.1, -0.05) is 48.8 Å². The van der Waals surface area contributed by atoms with Gasteiger partial charge in [-0.25, -0.2) is 0 Å². The van der Waals surface area contributed by atoms with E-state index in [9.17, 15) is 0 Å². The summed E-state index contributed by atoms with van der Waals surface area (Å²) in [7, 11) is 0. The molecule has 0 saturated heterocycles. The van der Waals surface area contributed by atoms with Gasteiger partial charge in [-0.05, 0) is 63.5 Å². The minimum atomic E-state index is 0.450. The molecule has 120 valence electrons. The molecule has 0 aromatic heterocycles. The molecule has 0 radical (unpaired) electrons. The zero-order valence-corrected chi connectivity index (χ0v) is 15.6. The summed E-state index contributed by atoms with van der Waals surface area (Å²) in [6.45, 7) is 12.6. The molecule has 0 aliphatic carbocycles. The van der Waals surface area contributed by atoms with Crippen LogP contribution in [0.5, 0.6) is 0 Å². The van der Waals surface area contributed by atoms with Crippen molar-refractivity contribution >= 4 is 15.9 Å². The van der Waals surface area contributed by atoms with Crippen molar-refractivity contribution < 1.29 is 0 Å². The highest BCUT2D eigenvalue weighted by Gasteiger charge is 2.13. The summed E-state index contributed by atoms with van der Waals surface area (Å²) < 4.78 is 1.16. The lowest BCUT2D eigenvalue weighted by Crippen LogP contribution is -2.31. The first kappa shape index (κ1) is 18.7. The molecular formula is C18H31BrN2. The van der Waals surface area contributed by atoms with E-state index in [1.165, 1.54) is 24.9 Å². The summed E-state index contributed by atoms with van der Waals surface area (Å²) in [6, 6.07) is 9.66. The fraction of sp³-hybridized carbons (Fsp3) is 0.667. The Bertz CT molecular complexity index is 391. The Morgan fingerprint density at radius 3 is 2.48 bits per heavy atom. The molecule has 0 aliphatic heterocycles. The molecule has 0 spiro atoms. The predicted octanol–water partition coefficient (Wildman–Crippen LogP) is 5.00. The molecule has 0 aliphatic rings. The van der Waals surface area contributed by atoms with Gasteiger partial charge in [-0.2, -0.15) is 0 Å². The van der Waals surface area contributed by atoms with Crippen molar-refractivity contribution in [2.45, 2.75) is 59.0 Å². The van der Waals surface area contributed by atoms with E-state index < -0.39 is 0 Å². The third-order valence-electron chi connectivity index (χ3n) is 4.15. The predicted molar refractivity (Wildman–Crippen MR) is 96.8 cm³/mol. The average Bonchev–Trinajstić information content (AvgIpc) is 2.49. The third-order valence-corrected chi connectivity index (χ3v) is 4.64. The summed E-state index contributed by atoms with van der Waals surface area (Å²) in [6.07, 6.45) is 3.63. The van der Waals surface area contributed by atoms with Crippen molar-refractivity contribution in [3.8, 4) is 0 Å². The molecule has 1 N–H and O–H groups in total. The van der Waals surface area contributed by atoms with Crippen molar-refractivity contribution in [1.82, 2.24) is 10.2 Å². The van der Waals surface area contributed by atoms with Gasteiger partial charge < -0.3 is 10.2 Å². The first-order chi connectivity index (χ1) is 10.1. The number of benzene rings is 1. The molecule has 3 heteroatoms. The first-order valence-electron chi connectivity index (χ1n) is 8.34. The normalized spacial score (nSPS) is 14.4. The van der Waals surface area contributed by atoms with Crippen molar-refractivity contribution in [3.63, 3.8) is 0 Å². The van der Waals surface area contributed by atoms with Crippen LogP contribution >= 0.6 is 15.9 Å². The highest BCUT2D eigenvalue weighted by Crippen LogP contribution is 2.21. The first-order valence-corrected chi connectivity index (χ1v) is 9.13. The van der Waals surface area contributed by atoms with Crippen LogP contribution in [-0.2, 0) is 0 Å². The van der Waals surface area contributed by atoms with Gasteiger partial charge in [0.05, 0.1) is 0 Å². The van der Waals surface area contributed by atoms with Crippen LogP contribution in [0.25, 0.3) is 0 Å². The second kappa shape index (κ2) is 10.4. The van der Waals surface area contributed by atoms with E-state index >= 15 is 0 Å². The highest BCUT2D eigenvalue weighted by atomic mass is 79.9. The summed E-state index contributed by atoms with van der Waals surface area (Å²) >= 11 is 3.57. The van der Waals surface area contributed by atoms with E-state index in [0.717, 1.165) is 24.0 Å². The minimum absolute atomic E-state index is 0.450. The third kappa shape index (κ3) is 6.94. The van der Waals surface area contributed by atoms with Gasteiger partial charge in [0.1, 0.15) is 0 Å². The Labute approximate surface area is 139 Å². The summed E-state index contributed by atoms with van der Waals surface area (Å²) in [5.41, 5.74) is 1.38. The molecule has 21 heavy (non-hydrogen) atoms. The molecule has 2 atom stereocenters. The summed E-state index contributed by atoms with van der Waals surface area (Å²) in [5.74, 6) is 0. The monoisotopic (exact) mass is 354 g/mol. The molecule has 0 amide bonds. The molecule has 2 nitrogen and oxygen atoms in total.